The van der Waals surface area contributed by atoms with Gasteiger partial charge in [0, 0.05) is 5.92 Å². The maximum Gasteiger partial charge on any atom is 0.173 e. The second-order valence-corrected chi connectivity index (χ2v) is 4.38. The van der Waals surface area contributed by atoms with Crippen LogP contribution in [0.4, 0.5) is 0 Å². The molecule has 3 heteroatoms. The van der Waals surface area contributed by atoms with E-state index in [0.717, 1.165) is 25.7 Å². The molecule has 0 spiro atoms. The monoisotopic (exact) mass is 229 g/mol. The number of benzene rings is 1. The number of rotatable bonds is 4. The average molecular weight is 229 g/mol. The van der Waals surface area contributed by atoms with E-state index in [2.05, 4.69) is 0 Å². The Morgan fingerprint density at radius 3 is 2.88 bits per heavy atom. The van der Waals surface area contributed by atoms with Gasteiger partial charge in [-0.25, -0.2) is 0 Å². The molecule has 0 bridgehead atoms. The molecule has 1 aromatic carbocycles. The molecule has 0 atom stereocenters. The van der Waals surface area contributed by atoms with Gasteiger partial charge in [0.25, 0.3) is 0 Å². The SMILES string of the molecule is N#Cc1cccc(OCC(=O)C2CCCC2)c1. The summed E-state index contributed by atoms with van der Waals surface area (Å²) in [5.41, 5.74) is 0.552. The van der Waals surface area contributed by atoms with Crippen molar-refractivity contribution in [1.82, 2.24) is 0 Å². The zero-order chi connectivity index (χ0) is 12.1. The molecule has 0 heterocycles. The minimum atomic E-state index is 0.125. The molecule has 1 aromatic rings. The Kier molecular flexibility index (Phi) is 3.77. The van der Waals surface area contributed by atoms with E-state index in [-0.39, 0.29) is 18.3 Å². The van der Waals surface area contributed by atoms with E-state index in [4.69, 9.17) is 10.00 Å². The standard InChI is InChI=1S/C14H15NO2/c15-9-11-4-3-7-13(8-11)17-10-14(16)12-5-1-2-6-12/h3-4,7-8,12H,1-2,5-6,10H2. The fraction of sp³-hybridized carbons (Fsp3) is 0.429. The highest BCUT2D eigenvalue weighted by atomic mass is 16.5. The summed E-state index contributed by atoms with van der Waals surface area (Å²) in [4.78, 5) is 11.8. The lowest BCUT2D eigenvalue weighted by Crippen LogP contribution is -2.19. The minimum Gasteiger partial charge on any atom is -0.486 e. The van der Waals surface area contributed by atoms with Crippen LogP contribution >= 0.6 is 0 Å². The number of hydrogen-bond donors (Lipinski definition) is 0. The molecule has 1 aliphatic rings. The van der Waals surface area contributed by atoms with E-state index in [9.17, 15) is 4.79 Å². The molecule has 0 aliphatic heterocycles. The zero-order valence-corrected chi connectivity index (χ0v) is 9.69. The summed E-state index contributed by atoms with van der Waals surface area (Å²) < 4.78 is 5.42. The van der Waals surface area contributed by atoms with E-state index >= 15 is 0 Å². The van der Waals surface area contributed by atoms with E-state index in [1.807, 2.05) is 6.07 Å². The van der Waals surface area contributed by atoms with Crippen LogP contribution in [-0.4, -0.2) is 12.4 Å². The molecule has 0 radical (unpaired) electrons. The maximum atomic E-state index is 11.8. The first-order valence-corrected chi connectivity index (χ1v) is 5.95. The fourth-order valence-electron chi connectivity index (χ4n) is 2.18. The van der Waals surface area contributed by atoms with Gasteiger partial charge in [0.1, 0.15) is 12.4 Å². The summed E-state index contributed by atoms with van der Waals surface area (Å²) in [6, 6.07) is 8.94. The molecular weight excluding hydrogens is 214 g/mol. The van der Waals surface area contributed by atoms with Gasteiger partial charge in [-0.3, -0.25) is 4.79 Å². The summed E-state index contributed by atoms with van der Waals surface area (Å²) in [6.45, 7) is 0.125. The first kappa shape index (κ1) is 11.7. The Labute approximate surface area is 101 Å². The Bertz CT molecular complexity index is 442. The van der Waals surface area contributed by atoms with Crippen molar-refractivity contribution in [1.29, 1.82) is 5.26 Å². The Morgan fingerprint density at radius 1 is 1.41 bits per heavy atom. The number of ketones is 1. The maximum absolute atomic E-state index is 11.8. The Hall–Kier alpha value is -1.82. The van der Waals surface area contributed by atoms with Crippen LogP contribution in [0.15, 0.2) is 24.3 Å². The van der Waals surface area contributed by atoms with Crippen molar-refractivity contribution in [2.24, 2.45) is 5.92 Å². The van der Waals surface area contributed by atoms with Crippen LogP contribution in [0.2, 0.25) is 0 Å². The third-order valence-corrected chi connectivity index (χ3v) is 3.15. The number of Topliss-reactive ketones (excluding diaryl/α,β-unsaturated/α-hetero) is 1. The third kappa shape index (κ3) is 3.07. The van der Waals surface area contributed by atoms with Crippen LogP contribution in [0.3, 0.4) is 0 Å². The van der Waals surface area contributed by atoms with Crippen molar-refractivity contribution in [2.45, 2.75) is 25.7 Å². The fourth-order valence-corrected chi connectivity index (χ4v) is 2.18. The van der Waals surface area contributed by atoms with Gasteiger partial charge in [0.15, 0.2) is 5.78 Å². The van der Waals surface area contributed by atoms with Crippen LogP contribution in [-0.2, 0) is 4.79 Å². The molecule has 1 saturated carbocycles. The lowest BCUT2D eigenvalue weighted by Gasteiger charge is -2.09. The van der Waals surface area contributed by atoms with Gasteiger partial charge < -0.3 is 4.74 Å². The highest BCUT2D eigenvalue weighted by molar-refractivity contribution is 5.82. The van der Waals surface area contributed by atoms with Crippen LogP contribution in [0.25, 0.3) is 0 Å². The first-order valence-electron chi connectivity index (χ1n) is 5.95. The first-order chi connectivity index (χ1) is 8.29. The lowest BCUT2D eigenvalue weighted by atomic mass is 10.0. The van der Waals surface area contributed by atoms with Gasteiger partial charge in [0.2, 0.25) is 0 Å². The number of carbonyl (C=O) groups is 1. The quantitative estimate of drug-likeness (QED) is 0.797. The molecule has 1 aliphatic carbocycles. The van der Waals surface area contributed by atoms with Gasteiger partial charge >= 0.3 is 0 Å². The van der Waals surface area contributed by atoms with Gasteiger partial charge in [-0.15, -0.1) is 0 Å². The second-order valence-electron chi connectivity index (χ2n) is 4.38. The highest BCUT2D eigenvalue weighted by Gasteiger charge is 2.22. The molecular formula is C14H15NO2. The number of hydrogen-bond acceptors (Lipinski definition) is 3. The van der Waals surface area contributed by atoms with E-state index in [1.165, 1.54) is 0 Å². The Balaban J connectivity index is 1.88. The number of carbonyl (C=O) groups excluding carboxylic acids is 1. The highest BCUT2D eigenvalue weighted by Crippen LogP contribution is 2.25. The molecule has 0 aromatic heterocycles. The third-order valence-electron chi connectivity index (χ3n) is 3.15. The van der Waals surface area contributed by atoms with Crippen LogP contribution in [0.5, 0.6) is 5.75 Å². The van der Waals surface area contributed by atoms with Gasteiger partial charge in [0.05, 0.1) is 11.6 Å². The van der Waals surface area contributed by atoms with Gasteiger partial charge in [-0.2, -0.15) is 5.26 Å². The van der Waals surface area contributed by atoms with Crippen molar-refractivity contribution in [3.05, 3.63) is 29.8 Å². The topological polar surface area (TPSA) is 50.1 Å². The predicted octanol–water partition coefficient (Wildman–Crippen LogP) is 2.70. The van der Waals surface area contributed by atoms with E-state index < -0.39 is 0 Å². The van der Waals surface area contributed by atoms with Crippen LogP contribution < -0.4 is 4.74 Å². The number of ether oxygens (including phenoxy) is 1. The zero-order valence-electron chi connectivity index (χ0n) is 9.69. The van der Waals surface area contributed by atoms with E-state index in [1.54, 1.807) is 24.3 Å². The van der Waals surface area contributed by atoms with Gasteiger partial charge in [-0.05, 0) is 31.0 Å². The number of nitriles is 1. The molecule has 1 fully saturated rings. The molecule has 17 heavy (non-hydrogen) atoms. The lowest BCUT2D eigenvalue weighted by molar-refractivity contribution is -0.124. The second kappa shape index (κ2) is 5.49. The van der Waals surface area contributed by atoms with Crippen LogP contribution in [0, 0.1) is 17.2 Å². The van der Waals surface area contributed by atoms with Crippen LogP contribution in [0.1, 0.15) is 31.2 Å². The van der Waals surface area contributed by atoms with Crippen molar-refractivity contribution in [2.75, 3.05) is 6.61 Å². The molecule has 88 valence electrons. The predicted molar refractivity (Wildman–Crippen MR) is 63.6 cm³/mol. The van der Waals surface area contributed by atoms with Crippen molar-refractivity contribution < 1.29 is 9.53 Å². The average Bonchev–Trinajstić information content (AvgIpc) is 2.90. The molecule has 0 unspecified atom stereocenters. The normalized spacial score (nSPS) is 15.5. The largest absolute Gasteiger partial charge is 0.486 e. The molecule has 0 N–H and O–H groups in total. The molecule has 0 saturated heterocycles. The van der Waals surface area contributed by atoms with Crippen molar-refractivity contribution in [3.63, 3.8) is 0 Å². The number of nitrogens with zero attached hydrogens (tertiary/aromatic N) is 1. The summed E-state index contributed by atoms with van der Waals surface area (Å²) in [7, 11) is 0. The van der Waals surface area contributed by atoms with Crippen molar-refractivity contribution in [3.8, 4) is 11.8 Å². The molecule has 0 amide bonds. The van der Waals surface area contributed by atoms with Gasteiger partial charge in [-0.1, -0.05) is 18.9 Å². The Morgan fingerprint density at radius 2 is 2.18 bits per heavy atom. The smallest absolute Gasteiger partial charge is 0.173 e. The van der Waals surface area contributed by atoms with Crippen molar-refractivity contribution >= 4 is 5.78 Å². The summed E-state index contributed by atoms with van der Waals surface area (Å²) in [6.07, 6.45) is 4.31. The molecule has 3 nitrogen and oxygen atoms in total. The minimum absolute atomic E-state index is 0.125. The van der Waals surface area contributed by atoms with E-state index in [0.29, 0.717) is 11.3 Å². The summed E-state index contributed by atoms with van der Waals surface area (Å²) in [5.74, 6) is 0.967. The molecule has 2 rings (SSSR count). The summed E-state index contributed by atoms with van der Waals surface area (Å²) >= 11 is 0. The summed E-state index contributed by atoms with van der Waals surface area (Å²) in [5, 5.41) is 8.74.